The molecule has 0 saturated heterocycles. The maximum Gasteiger partial charge on any atom is 0.221 e. The average Bonchev–Trinajstić information content (AvgIpc) is 3.02. The number of hydrogen-bond acceptors (Lipinski definition) is 3. The van der Waals surface area contributed by atoms with Gasteiger partial charge < -0.3 is 16.0 Å². The van der Waals surface area contributed by atoms with Crippen molar-refractivity contribution in [2.45, 2.75) is 43.9 Å². The van der Waals surface area contributed by atoms with Crippen molar-refractivity contribution < 1.29 is 4.79 Å². The predicted molar refractivity (Wildman–Crippen MR) is 119 cm³/mol. The van der Waals surface area contributed by atoms with E-state index in [-0.39, 0.29) is 29.9 Å². The van der Waals surface area contributed by atoms with Crippen LogP contribution in [0, 0.1) is 0 Å². The van der Waals surface area contributed by atoms with Crippen molar-refractivity contribution in [3.63, 3.8) is 0 Å². The van der Waals surface area contributed by atoms with Crippen LogP contribution in [0.2, 0.25) is 0 Å². The number of carbonyl (C=O) groups is 1. The van der Waals surface area contributed by atoms with E-state index in [1.165, 1.54) is 31.7 Å². The highest BCUT2D eigenvalue weighted by Crippen LogP contribution is 2.27. The van der Waals surface area contributed by atoms with Crippen LogP contribution in [0.25, 0.3) is 0 Å². The summed E-state index contributed by atoms with van der Waals surface area (Å²) in [4.78, 5) is 15.3. The number of nitrogens with zero attached hydrogens (tertiary/aromatic N) is 1. The number of rotatable bonds is 6. The van der Waals surface area contributed by atoms with Crippen LogP contribution >= 0.6 is 35.7 Å². The van der Waals surface area contributed by atoms with Crippen molar-refractivity contribution in [1.29, 1.82) is 0 Å². The maximum absolute atomic E-state index is 11.0. The highest BCUT2D eigenvalue weighted by Gasteiger charge is 2.24. The average molecular weight is 476 g/mol. The number of guanidine groups is 1. The second-order valence-electron chi connectivity index (χ2n) is 6.14. The molecule has 1 fully saturated rings. The molecule has 2 unspecified atom stereocenters. The molecule has 7 heteroatoms. The van der Waals surface area contributed by atoms with Gasteiger partial charge in [-0.1, -0.05) is 12.1 Å². The Morgan fingerprint density at radius 3 is 2.56 bits per heavy atom. The molecule has 0 aromatic heterocycles. The molecule has 0 radical (unpaired) electrons. The molecule has 1 aliphatic rings. The maximum atomic E-state index is 11.0. The smallest absolute Gasteiger partial charge is 0.221 e. The second kappa shape index (κ2) is 11.6. The van der Waals surface area contributed by atoms with Gasteiger partial charge in [-0.2, -0.15) is 11.8 Å². The minimum Gasteiger partial charge on any atom is -0.356 e. The molecule has 1 saturated carbocycles. The number of hydrogen-bond donors (Lipinski definition) is 3. The van der Waals surface area contributed by atoms with Gasteiger partial charge >= 0.3 is 0 Å². The summed E-state index contributed by atoms with van der Waals surface area (Å²) in [5.41, 5.74) is 2.07. The van der Waals surface area contributed by atoms with Crippen LogP contribution in [0.3, 0.4) is 0 Å². The number of thioether (sulfide) groups is 1. The lowest BCUT2D eigenvalue weighted by Gasteiger charge is -2.17. The fourth-order valence-corrected chi connectivity index (χ4v) is 3.75. The summed E-state index contributed by atoms with van der Waals surface area (Å²) in [6.45, 7) is 2.35. The Morgan fingerprint density at radius 1 is 1.28 bits per heavy atom. The first-order valence-corrected chi connectivity index (χ1v) is 9.76. The molecule has 2 atom stereocenters. The van der Waals surface area contributed by atoms with E-state index >= 15 is 0 Å². The fraction of sp³-hybridized carbons (Fsp3) is 0.556. The number of carbonyl (C=O) groups excluding carboxylic acids is 1. The molecule has 1 aromatic carbocycles. The molecular formula is C18H29IN4OS. The van der Waals surface area contributed by atoms with Crippen molar-refractivity contribution in [3.05, 3.63) is 29.8 Å². The molecule has 0 aliphatic heterocycles. The predicted octanol–water partition coefficient (Wildman–Crippen LogP) is 3.25. The number of amides is 1. The molecule has 0 bridgehead atoms. The third kappa shape index (κ3) is 7.85. The van der Waals surface area contributed by atoms with Crippen LogP contribution in [-0.2, 0) is 11.2 Å². The van der Waals surface area contributed by atoms with Crippen molar-refractivity contribution in [1.82, 2.24) is 10.6 Å². The first-order chi connectivity index (χ1) is 11.6. The van der Waals surface area contributed by atoms with Crippen LogP contribution in [0.15, 0.2) is 29.3 Å². The Hall–Kier alpha value is -0.960. The molecule has 1 aliphatic carbocycles. The number of halogens is 1. The molecule has 1 amide bonds. The second-order valence-corrected chi connectivity index (χ2v) is 7.28. The van der Waals surface area contributed by atoms with Crippen molar-refractivity contribution in [3.8, 4) is 0 Å². The number of anilines is 1. The fourth-order valence-electron chi connectivity index (χ4n) is 2.96. The lowest BCUT2D eigenvalue weighted by molar-refractivity contribution is -0.114. The van der Waals surface area contributed by atoms with E-state index in [0.29, 0.717) is 6.04 Å². The highest BCUT2D eigenvalue weighted by atomic mass is 127. The molecule has 140 valence electrons. The van der Waals surface area contributed by atoms with Gasteiger partial charge in [-0.15, -0.1) is 24.0 Å². The zero-order chi connectivity index (χ0) is 17.4. The minimum absolute atomic E-state index is 0. The third-order valence-corrected chi connectivity index (χ3v) is 5.36. The SMILES string of the molecule is CN=C(NCCc1ccc(NC(C)=O)cc1)NC1CCC(SC)C1.I. The molecule has 3 N–H and O–H groups in total. The Kier molecular flexibility index (Phi) is 10.3. The Labute approximate surface area is 172 Å². The summed E-state index contributed by atoms with van der Waals surface area (Å²) < 4.78 is 0. The van der Waals surface area contributed by atoms with E-state index in [9.17, 15) is 4.79 Å². The largest absolute Gasteiger partial charge is 0.356 e. The third-order valence-electron chi connectivity index (χ3n) is 4.26. The van der Waals surface area contributed by atoms with Gasteiger partial charge in [-0.25, -0.2) is 0 Å². The Balaban J connectivity index is 0.00000312. The quantitative estimate of drug-likeness (QED) is 0.335. The Morgan fingerprint density at radius 2 is 2.00 bits per heavy atom. The summed E-state index contributed by atoms with van der Waals surface area (Å²) >= 11 is 1.96. The number of benzene rings is 1. The van der Waals surface area contributed by atoms with E-state index in [1.54, 1.807) is 0 Å². The van der Waals surface area contributed by atoms with E-state index in [2.05, 4.69) is 27.2 Å². The standard InChI is InChI=1S/C18H28N4OS.HI/c1-13(23)21-15-6-4-14(5-7-15)10-11-20-18(19-2)22-16-8-9-17(12-16)24-3;/h4-7,16-17H,8-12H2,1-3H3,(H,21,23)(H2,19,20,22);1H. The monoisotopic (exact) mass is 476 g/mol. The lowest BCUT2D eigenvalue weighted by atomic mass is 10.1. The summed E-state index contributed by atoms with van der Waals surface area (Å²) in [5, 5.41) is 10.5. The van der Waals surface area contributed by atoms with E-state index in [1.807, 2.05) is 43.1 Å². The van der Waals surface area contributed by atoms with Gasteiger partial charge in [0.15, 0.2) is 5.96 Å². The first kappa shape index (κ1) is 22.1. The number of nitrogens with one attached hydrogen (secondary N) is 3. The van der Waals surface area contributed by atoms with Gasteiger partial charge in [-0.05, 0) is 49.6 Å². The van der Waals surface area contributed by atoms with Crippen LogP contribution in [-0.4, -0.2) is 43.0 Å². The van der Waals surface area contributed by atoms with Crippen LogP contribution < -0.4 is 16.0 Å². The summed E-state index contributed by atoms with van der Waals surface area (Å²) in [6, 6.07) is 8.49. The Bertz CT molecular complexity index is 565. The highest BCUT2D eigenvalue weighted by molar-refractivity contribution is 14.0. The van der Waals surface area contributed by atoms with Crippen molar-refractivity contribution >= 4 is 53.3 Å². The molecule has 25 heavy (non-hydrogen) atoms. The van der Waals surface area contributed by atoms with Gasteiger partial charge in [0.1, 0.15) is 0 Å². The molecule has 0 heterocycles. The van der Waals surface area contributed by atoms with Gasteiger partial charge in [0.2, 0.25) is 5.91 Å². The van der Waals surface area contributed by atoms with E-state index in [4.69, 9.17) is 0 Å². The van der Waals surface area contributed by atoms with Crippen molar-refractivity contribution in [2.24, 2.45) is 4.99 Å². The first-order valence-electron chi connectivity index (χ1n) is 8.47. The van der Waals surface area contributed by atoms with Gasteiger partial charge in [0.05, 0.1) is 0 Å². The van der Waals surface area contributed by atoms with Gasteiger partial charge in [-0.3, -0.25) is 9.79 Å². The van der Waals surface area contributed by atoms with Gasteiger partial charge in [0, 0.05) is 37.5 Å². The molecule has 1 aromatic rings. The molecule has 0 spiro atoms. The van der Waals surface area contributed by atoms with E-state index < -0.39 is 0 Å². The topological polar surface area (TPSA) is 65.5 Å². The zero-order valence-corrected chi connectivity index (χ0v) is 18.3. The van der Waals surface area contributed by atoms with Crippen molar-refractivity contribution in [2.75, 3.05) is 25.2 Å². The van der Waals surface area contributed by atoms with Crippen LogP contribution in [0.1, 0.15) is 31.7 Å². The van der Waals surface area contributed by atoms with Crippen LogP contribution in [0.5, 0.6) is 0 Å². The summed E-state index contributed by atoms with van der Waals surface area (Å²) in [6.07, 6.45) is 6.83. The molecular weight excluding hydrogens is 447 g/mol. The lowest BCUT2D eigenvalue weighted by Crippen LogP contribution is -2.43. The van der Waals surface area contributed by atoms with E-state index in [0.717, 1.165) is 29.9 Å². The normalized spacial score (nSPS) is 19.9. The minimum atomic E-state index is -0.0464. The molecule has 2 rings (SSSR count). The van der Waals surface area contributed by atoms with Gasteiger partial charge in [0.25, 0.3) is 0 Å². The van der Waals surface area contributed by atoms with Crippen LogP contribution in [0.4, 0.5) is 5.69 Å². The zero-order valence-electron chi connectivity index (χ0n) is 15.2. The molecule has 5 nitrogen and oxygen atoms in total. The number of aliphatic imine (C=N–C) groups is 1. The summed E-state index contributed by atoms with van der Waals surface area (Å²) in [5.74, 6) is 0.839. The summed E-state index contributed by atoms with van der Waals surface area (Å²) in [7, 11) is 1.82.